The predicted octanol–water partition coefficient (Wildman–Crippen LogP) is 3.12. The quantitative estimate of drug-likeness (QED) is 0.893. The first-order valence-corrected chi connectivity index (χ1v) is 8.03. The van der Waals surface area contributed by atoms with Gasteiger partial charge in [-0.1, -0.05) is 12.1 Å². The molecule has 2 aliphatic heterocycles. The van der Waals surface area contributed by atoms with Crippen LogP contribution in [0, 0.1) is 5.92 Å². The Bertz CT molecular complexity index is 392. The molecule has 1 aromatic rings. The number of hydrogen-bond acceptors (Lipinski definition) is 3. The van der Waals surface area contributed by atoms with E-state index in [-0.39, 0.29) is 0 Å². The summed E-state index contributed by atoms with van der Waals surface area (Å²) >= 11 is 0. The highest BCUT2D eigenvalue weighted by Crippen LogP contribution is 2.18. The van der Waals surface area contributed by atoms with E-state index in [2.05, 4.69) is 34.5 Å². The van der Waals surface area contributed by atoms with Gasteiger partial charge in [-0.2, -0.15) is 0 Å². The minimum absolute atomic E-state index is 0.771. The molecule has 0 amide bonds. The van der Waals surface area contributed by atoms with E-state index in [9.17, 15) is 0 Å². The van der Waals surface area contributed by atoms with E-state index in [1.165, 1.54) is 50.0 Å². The van der Waals surface area contributed by atoms with Crippen LogP contribution in [0.4, 0.5) is 5.69 Å². The molecule has 2 aliphatic rings. The zero-order valence-electron chi connectivity index (χ0n) is 12.3. The number of nitrogens with zero attached hydrogens (tertiary/aromatic N) is 1. The van der Waals surface area contributed by atoms with Crippen LogP contribution in [0.2, 0.25) is 0 Å². The molecule has 3 rings (SSSR count). The summed E-state index contributed by atoms with van der Waals surface area (Å²) in [6.07, 6.45) is 5.12. The van der Waals surface area contributed by atoms with Gasteiger partial charge in [-0.3, -0.25) is 4.90 Å². The Hall–Kier alpha value is -1.06. The molecule has 0 bridgehead atoms. The Balaban J connectivity index is 1.45. The SMILES string of the molecule is c1cc(NCC2CCOCC2)ccc1CN1CCCC1. The van der Waals surface area contributed by atoms with Gasteiger partial charge in [-0.25, -0.2) is 0 Å². The van der Waals surface area contributed by atoms with Gasteiger partial charge in [0, 0.05) is 32.0 Å². The predicted molar refractivity (Wildman–Crippen MR) is 83.0 cm³/mol. The van der Waals surface area contributed by atoms with Crippen LogP contribution < -0.4 is 5.32 Å². The molecule has 0 aromatic heterocycles. The van der Waals surface area contributed by atoms with Crippen molar-refractivity contribution in [3.63, 3.8) is 0 Å². The first kappa shape index (κ1) is 13.9. The van der Waals surface area contributed by atoms with E-state index in [4.69, 9.17) is 4.74 Å². The van der Waals surface area contributed by atoms with Crippen LogP contribution in [-0.2, 0) is 11.3 Å². The van der Waals surface area contributed by atoms with Gasteiger partial charge < -0.3 is 10.1 Å². The number of hydrogen-bond donors (Lipinski definition) is 1. The highest BCUT2D eigenvalue weighted by molar-refractivity contribution is 5.44. The fraction of sp³-hybridized carbons (Fsp3) is 0.647. The van der Waals surface area contributed by atoms with Crippen molar-refractivity contribution in [3.8, 4) is 0 Å². The lowest BCUT2D eigenvalue weighted by molar-refractivity contribution is 0.0699. The van der Waals surface area contributed by atoms with Crippen LogP contribution in [-0.4, -0.2) is 37.7 Å². The van der Waals surface area contributed by atoms with E-state index in [0.29, 0.717) is 0 Å². The van der Waals surface area contributed by atoms with Gasteiger partial charge in [0.2, 0.25) is 0 Å². The molecule has 1 N–H and O–H groups in total. The number of benzene rings is 1. The molecule has 0 aliphatic carbocycles. The summed E-state index contributed by atoms with van der Waals surface area (Å²) in [4.78, 5) is 2.55. The van der Waals surface area contributed by atoms with Gasteiger partial charge in [0.15, 0.2) is 0 Å². The van der Waals surface area contributed by atoms with E-state index in [0.717, 1.165) is 32.2 Å². The van der Waals surface area contributed by atoms with Crippen molar-refractivity contribution in [1.82, 2.24) is 4.90 Å². The Morgan fingerprint density at radius 2 is 1.75 bits per heavy atom. The lowest BCUT2D eigenvalue weighted by Crippen LogP contribution is -2.22. The summed E-state index contributed by atoms with van der Waals surface area (Å²) in [7, 11) is 0. The molecule has 2 fully saturated rings. The minimum atomic E-state index is 0.771. The molecule has 0 radical (unpaired) electrons. The summed E-state index contributed by atoms with van der Waals surface area (Å²) in [5, 5.41) is 3.57. The topological polar surface area (TPSA) is 24.5 Å². The first-order chi connectivity index (χ1) is 9.90. The van der Waals surface area contributed by atoms with Crippen LogP contribution in [0.5, 0.6) is 0 Å². The number of ether oxygens (including phenoxy) is 1. The van der Waals surface area contributed by atoms with E-state index in [1.807, 2.05) is 0 Å². The van der Waals surface area contributed by atoms with Crippen molar-refractivity contribution in [2.24, 2.45) is 5.92 Å². The van der Waals surface area contributed by atoms with Crippen molar-refractivity contribution < 1.29 is 4.74 Å². The molecule has 110 valence electrons. The molecule has 0 unspecified atom stereocenters. The Morgan fingerprint density at radius 1 is 1.05 bits per heavy atom. The maximum Gasteiger partial charge on any atom is 0.0469 e. The van der Waals surface area contributed by atoms with Gasteiger partial charge in [0.25, 0.3) is 0 Å². The summed E-state index contributed by atoms with van der Waals surface area (Å²) < 4.78 is 5.40. The maximum absolute atomic E-state index is 5.40. The average Bonchev–Trinajstić information content (AvgIpc) is 3.01. The van der Waals surface area contributed by atoms with Crippen molar-refractivity contribution in [2.45, 2.75) is 32.2 Å². The second kappa shape index (κ2) is 7.09. The van der Waals surface area contributed by atoms with Gasteiger partial charge >= 0.3 is 0 Å². The summed E-state index contributed by atoms with van der Waals surface area (Å²) in [6.45, 7) is 6.59. The van der Waals surface area contributed by atoms with Crippen molar-refractivity contribution in [2.75, 3.05) is 38.2 Å². The standard InChI is InChI=1S/C17H26N2O/c1-2-10-19(9-1)14-16-3-5-17(6-4-16)18-13-15-7-11-20-12-8-15/h3-6,15,18H,1-2,7-14H2. The zero-order valence-corrected chi connectivity index (χ0v) is 12.3. The van der Waals surface area contributed by atoms with Gasteiger partial charge in [-0.05, 0) is 62.4 Å². The molecule has 2 heterocycles. The minimum Gasteiger partial charge on any atom is -0.385 e. The third-order valence-corrected chi connectivity index (χ3v) is 4.49. The average molecular weight is 274 g/mol. The number of likely N-dealkylation sites (tertiary alicyclic amines) is 1. The van der Waals surface area contributed by atoms with Crippen molar-refractivity contribution >= 4 is 5.69 Å². The molecule has 0 spiro atoms. The molecule has 0 atom stereocenters. The molecule has 2 saturated heterocycles. The monoisotopic (exact) mass is 274 g/mol. The normalized spacial score (nSPS) is 21.2. The maximum atomic E-state index is 5.40. The molecular weight excluding hydrogens is 248 g/mol. The number of anilines is 1. The number of nitrogens with one attached hydrogen (secondary N) is 1. The van der Waals surface area contributed by atoms with Crippen LogP contribution in [0.1, 0.15) is 31.2 Å². The van der Waals surface area contributed by atoms with Gasteiger partial charge in [0.1, 0.15) is 0 Å². The van der Waals surface area contributed by atoms with E-state index in [1.54, 1.807) is 0 Å². The Kier molecular flexibility index (Phi) is 4.93. The Morgan fingerprint density at radius 3 is 2.45 bits per heavy atom. The van der Waals surface area contributed by atoms with E-state index >= 15 is 0 Å². The molecule has 20 heavy (non-hydrogen) atoms. The highest BCUT2D eigenvalue weighted by atomic mass is 16.5. The molecule has 3 nitrogen and oxygen atoms in total. The van der Waals surface area contributed by atoms with E-state index < -0.39 is 0 Å². The van der Waals surface area contributed by atoms with Crippen LogP contribution >= 0.6 is 0 Å². The van der Waals surface area contributed by atoms with Gasteiger partial charge in [-0.15, -0.1) is 0 Å². The lowest BCUT2D eigenvalue weighted by atomic mass is 10.0. The van der Waals surface area contributed by atoms with Crippen LogP contribution in [0.3, 0.4) is 0 Å². The highest BCUT2D eigenvalue weighted by Gasteiger charge is 2.13. The largest absolute Gasteiger partial charge is 0.385 e. The third kappa shape index (κ3) is 3.97. The third-order valence-electron chi connectivity index (χ3n) is 4.49. The lowest BCUT2D eigenvalue weighted by Gasteiger charge is -2.22. The zero-order chi connectivity index (χ0) is 13.6. The van der Waals surface area contributed by atoms with Crippen LogP contribution in [0.25, 0.3) is 0 Å². The summed E-state index contributed by atoms with van der Waals surface area (Å²) in [5.74, 6) is 0.771. The van der Waals surface area contributed by atoms with Crippen molar-refractivity contribution in [1.29, 1.82) is 0 Å². The molecule has 1 aromatic carbocycles. The molecular formula is C17H26N2O. The smallest absolute Gasteiger partial charge is 0.0469 e. The number of rotatable bonds is 5. The summed E-state index contributed by atoms with van der Waals surface area (Å²) in [6, 6.07) is 8.99. The molecule has 0 saturated carbocycles. The Labute approximate surface area is 122 Å². The first-order valence-electron chi connectivity index (χ1n) is 8.03. The fourth-order valence-corrected chi connectivity index (χ4v) is 3.14. The van der Waals surface area contributed by atoms with Crippen LogP contribution in [0.15, 0.2) is 24.3 Å². The fourth-order valence-electron chi connectivity index (χ4n) is 3.14. The molecule has 3 heteroatoms. The second-order valence-electron chi connectivity index (χ2n) is 6.12. The van der Waals surface area contributed by atoms with Crippen molar-refractivity contribution in [3.05, 3.63) is 29.8 Å². The second-order valence-corrected chi connectivity index (χ2v) is 6.12. The van der Waals surface area contributed by atoms with Gasteiger partial charge in [0.05, 0.1) is 0 Å². The summed E-state index contributed by atoms with van der Waals surface area (Å²) in [5.41, 5.74) is 2.69.